The molecule has 1 aliphatic heterocycles. The van der Waals surface area contributed by atoms with Crippen molar-refractivity contribution in [3.05, 3.63) is 69.2 Å². The number of nitro groups is 1. The van der Waals surface area contributed by atoms with Gasteiger partial charge >= 0.3 is 0 Å². The molecule has 0 aromatic heterocycles. The van der Waals surface area contributed by atoms with Crippen LogP contribution in [0.5, 0.6) is 0 Å². The lowest BCUT2D eigenvalue weighted by Crippen LogP contribution is -3.15. The first-order chi connectivity index (χ1) is 13.4. The van der Waals surface area contributed by atoms with Crippen molar-refractivity contribution < 1.29 is 14.6 Å². The molecule has 8 heteroatoms. The van der Waals surface area contributed by atoms with Crippen LogP contribution in [0.2, 0.25) is 5.02 Å². The van der Waals surface area contributed by atoms with Crippen LogP contribution >= 0.6 is 11.6 Å². The van der Waals surface area contributed by atoms with Crippen LogP contribution in [0.4, 0.5) is 11.4 Å². The van der Waals surface area contributed by atoms with E-state index in [-0.39, 0.29) is 11.6 Å². The molecule has 1 amide bonds. The predicted octanol–water partition coefficient (Wildman–Crippen LogP) is 1.61. The van der Waals surface area contributed by atoms with Gasteiger partial charge in [-0.2, -0.15) is 0 Å². The third-order valence-corrected chi connectivity index (χ3v) is 5.27. The van der Waals surface area contributed by atoms with E-state index in [9.17, 15) is 14.9 Å². The highest BCUT2D eigenvalue weighted by Crippen LogP contribution is 2.19. The summed E-state index contributed by atoms with van der Waals surface area (Å²) in [5, 5.41) is 11.4. The summed E-state index contributed by atoms with van der Waals surface area (Å²) in [7, 11) is 1.82. The van der Waals surface area contributed by atoms with Gasteiger partial charge < -0.3 is 14.7 Å². The number of benzene rings is 2. The van der Waals surface area contributed by atoms with Gasteiger partial charge in [-0.1, -0.05) is 23.7 Å². The molecule has 7 nitrogen and oxygen atoms in total. The van der Waals surface area contributed by atoms with Crippen molar-refractivity contribution in [3.63, 3.8) is 0 Å². The summed E-state index contributed by atoms with van der Waals surface area (Å²) < 4.78 is 0. The van der Waals surface area contributed by atoms with E-state index >= 15 is 0 Å². The Bertz CT molecular complexity index is 836. The van der Waals surface area contributed by atoms with Gasteiger partial charge in [-0.15, -0.1) is 0 Å². The first-order valence-corrected chi connectivity index (χ1v) is 9.61. The third-order valence-electron chi connectivity index (χ3n) is 5.03. The maximum atomic E-state index is 12.5. The number of nitro benzene ring substituents is 1. The van der Waals surface area contributed by atoms with Gasteiger partial charge in [-0.25, -0.2) is 0 Å². The summed E-state index contributed by atoms with van der Waals surface area (Å²) in [5.41, 5.74) is 2.09. The molecule has 3 rings (SSSR count). The molecule has 1 N–H and O–H groups in total. The Hall–Kier alpha value is -2.64. The highest BCUT2D eigenvalue weighted by molar-refractivity contribution is 6.30. The number of carbonyl (C=O) groups is 1. The minimum absolute atomic E-state index is 0.0985. The second kappa shape index (κ2) is 9.03. The lowest BCUT2D eigenvalue weighted by molar-refractivity contribution is -0.892. The number of likely N-dealkylation sites (N-methyl/N-ethyl adjacent to an activating group) is 1. The lowest BCUT2D eigenvalue weighted by Gasteiger charge is -2.34. The zero-order chi connectivity index (χ0) is 20.1. The molecule has 0 radical (unpaired) electrons. The first kappa shape index (κ1) is 20.1. The van der Waals surface area contributed by atoms with Crippen LogP contribution in [0.3, 0.4) is 0 Å². The number of carbonyl (C=O) groups excluding carboxylic acids is 1. The normalized spacial score (nSPS) is 14.7. The van der Waals surface area contributed by atoms with Crippen LogP contribution in [-0.2, 0) is 11.3 Å². The molecule has 1 fully saturated rings. The van der Waals surface area contributed by atoms with E-state index in [1.807, 2.05) is 31.3 Å². The summed E-state index contributed by atoms with van der Waals surface area (Å²) in [6.07, 6.45) is 0. The standard InChI is InChI=1S/C20H23ClN4O3/c1-22(14-16-3-2-4-17(21)13-16)20(26)15-23-9-11-24(12-10-23)18-5-7-19(8-6-18)25(27)28/h2-8,13H,9-12,14-15H2,1H3/p+1. The molecule has 28 heavy (non-hydrogen) atoms. The van der Waals surface area contributed by atoms with E-state index in [0.717, 1.165) is 37.4 Å². The SMILES string of the molecule is CN(Cc1cccc(Cl)c1)C(=O)C[NH+]1CCN(c2ccc([N+](=O)[O-])cc2)CC1. The van der Waals surface area contributed by atoms with Gasteiger partial charge in [0.1, 0.15) is 0 Å². The largest absolute Gasteiger partial charge is 0.360 e. The van der Waals surface area contributed by atoms with Gasteiger partial charge in [-0.3, -0.25) is 14.9 Å². The van der Waals surface area contributed by atoms with E-state index < -0.39 is 4.92 Å². The molecular formula is C20H24ClN4O3+. The molecule has 2 aromatic rings. The van der Waals surface area contributed by atoms with Gasteiger partial charge in [0.2, 0.25) is 0 Å². The van der Waals surface area contributed by atoms with Gasteiger partial charge in [0.15, 0.2) is 6.54 Å². The Labute approximate surface area is 169 Å². The monoisotopic (exact) mass is 403 g/mol. The average Bonchev–Trinajstić information content (AvgIpc) is 2.68. The molecule has 2 aromatic carbocycles. The Balaban J connectivity index is 1.48. The number of halogens is 1. The smallest absolute Gasteiger partial charge is 0.277 e. The van der Waals surface area contributed by atoms with Gasteiger partial charge in [-0.05, 0) is 29.8 Å². The highest BCUT2D eigenvalue weighted by atomic mass is 35.5. The van der Waals surface area contributed by atoms with Crippen LogP contribution in [0.25, 0.3) is 0 Å². The summed E-state index contributed by atoms with van der Waals surface area (Å²) >= 11 is 6.01. The van der Waals surface area contributed by atoms with E-state index in [0.29, 0.717) is 18.1 Å². The summed E-state index contributed by atoms with van der Waals surface area (Å²) in [4.78, 5) is 28.1. The summed E-state index contributed by atoms with van der Waals surface area (Å²) in [6.45, 7) is 4.35. The Morgan fingerprint density at radius 1 is 1.21 bits per heavy atom. The number of anilines is 1. The van der Waals surface area contributed by atoms with Crippen molar-refractivity contribution in [2.24, 2.45) is 0 Å². The topological polar surface area (TPSA) is 71.1 Å². The lowest BCUT2D eigenvalue weighted by atomic mass is 10.2. The third kappa shape index (κ3) is 5.21. The Morgan fingerprint density at radius 2 is 1.89 bits per heavy atom. The molecule has 1 saturated heterocycles. The van der Waals surface area contributed by atoms with Crippen LogP contribution in [-0.4, -0.2) is 55.5 Å². The zero-order valence-electron chi connectivity index (χ0n) is 15.8. The molecule has 0 bridgehead atoms. The van der Waals surface area contributed by atoms with Gasteiger partial charge in [0, 0.05) is 36.4 Å². The number of nitrogens with zero attached hydrogens (tertiary/aromatic N) is 3. The molecule has 148 valence electrons. The maximum absolute atomic E-state index is 12.5. The van der Waals surface area contributed by atoms with E-state index in [1.54, 1.807) is 17.0 Å². The van der Waals surface area contributed by atoms with Crippen molar-refractivity contribution in [1.82, 2.24) is 4.90 Å². The number of hydrogen-bond acceptors (Lipinski definition) is 4. The number of non-ortho nitro benzene ring substituents is 1. The summed E-state index contributed by atoms with van der Waals surface area (Å²) in [5.74, 6) is 0.110. The molecule has 1 aliphatic rings. The van der Waals surface area contributed by atoms with Crippen LogP contribution in [0.15, 0.2) is 48.5 Å². The van der Waals surface area contributed by atoms with Crippen LogP contribution in [0.1, 0.15) is 5.56 Å². The van der Waals surface area contributed by atoms with Crippen molar-refractivity contribution in [3.8, 4) is 0 Å². The fraction of sp³-hybridized carbons (Fsp3) is 0.350. The Kier molecular flexibility index (Phi) is 6.49. The minimum atomic E-state index is -0.391. The number of rotatable bonds is 6. The van der Waals surface area contributed by atoms with Crippen molar-refractivity contribution in [2.45, 2.75) is 6.54 Å². The molecule has 1 heterocycles. The molecule has 0 aliphatic carbocycles. The fourth-order valence-electron chi connectivity index (χ4n) is 3.39. The minimum Gasteiger partial charge on any atom is -0.360 e. The average molecular weight is 404 g/mol. The Morgan fingerprint density at radius 3 is 2.50 bits per heavy atom. The molecular weight excluding hydrogens is 380 g/mol. The first-order valence-electron chi connectivity index (χ1n) is 9.24. The van der Waals surface area contributed by atoms with Gasteiger partial charge in [0.25, 0.3) is 11.6 Å². The van der Waals surface area contributed by atoms with Gasteiger partial charge in [0.05, 0.1) is 31.1 Å². The second-order valence-corrected chi connectivity index (χ2v) is 7.50. The van der Waals surface area contributed by atoms with Crippen molar-refractivity contribution >= 4 is 28.9 Å². The number of nitrogens with one attached hydrogen (secondary N) is 1. The number of piperazine rings is 1. The van der Waals surface area contributed by atoms with Crippen molar-refractivity contribution in [1.29, 1.82) is 0 Å². The molecule has 0 spiro atoms. The molecule has 0 unspecified atom stereocenters. The van der Waals surface area contributed by atoms with E-state index in [1.165, 1.54) is 17.0 Å². The maximum Gasteiger partial charge on any atom is 0.277 e. The highest BCUT2D eigenvalue weighted by Gasteiger charge is 2.24. The van der Waals surface area contributed by atoms with Crippen LogP contribution < -0.4 is 9.80 Å². The summed E-state index contributed by atoms with van der Waals surface area (Å²) in [6, 6.07) is 14.2. The van der Waals surface area contributed by atoms with Crippen LogP contribution in [0, 0.1) is 10.1 Å². The van der Waals surface area contributed by atoms with E-state index in [4.69, 9.17) is 11.6 Å². The second-order valence-electron chi connectivity index (χ2n) is 7.07. The number of amides is 1. The quantitative estimate of drug-likeness (QED) is 0.587. The van der Waals surface area contributed by atoms with Crippen molar-refractivity contribution in [2.75, 3.05) is 44.7 Å². The molecule has 0 atom stereocenters. The number of quaternary nitrogens is 1. The van der Waals surface area contributed by atoms with E-state index in [2.05, 4.69) is 4.90 Å². The zero-order valence-corrected chi connectivity index (χ0v) is 16.6. The number of hydrogen-bond donors (Lipinski definition) is 1. The molecule has 0 saturated carbocycles. The predicted molar refractivity (Wildman–Crippen MR) is 109 cm³/mol. The fourth-order valence-corrected chi connectivity index (χ4v) is 3.60.